The number of hydrogen-bond acceptors (Lipinski definition) is 2. The summed E-state index contributed by atoms with van der Waals surface area (Å²) < 4.78 is 3.07. The Morgan fingerprint density at radius 3 is 2.47 bits per heavy atom. The smallest absolute Gasteiger partial charge is 0.0738 e. The molecule has 0 aliphatic rings. The quantitative estimate of drug-likeness (QED) is 0.916. The largest absolute Gasteiger partial charge is 0.330 e. The fraction of sp³-hybridized carbons (Fsp3) is 0.727. The zero-order valence-corrected chi connectivity index (χ0v) is 11.6. The Morgan fingerprint density at radius 1 is 1.53 bits per heavy atom. The summed E-state index contributed by atoms with van der Waals surface area (Å²) in [5.41, 5.74) is 8.28. The third-order valence-corrected chi connectivity index (χ3v) is 4.23. The minimum atomic E-state index is 0.169. The summed E-state index contributed by atoms with van der Waals surface area (Å²) in [7, 11) is 1.99. The third kappa shape index (κ3) is 2.61. The molecule has 0 saturated carbocycles. The Balaban J connectivity index is 2.98. The van der Waals surface area contributed by atoms with E-state index in [4.69, 9.17) is 5.73 Å². The number of halogens is 1. The lowest BCUT2D eigenvalue weighted by Gasteiger charge is -2.26. The van der Waals surface area contributed by atoms with Crippen LogP contribution in [0.2, 0.25) is 0 Å². The first kappa shape index (κ1) is 12.7. The lowest BCUT2D eigenvalue weighted by atomic mass is 9.83. The Labute approximate surface area is 100 Å². The number of nitrogens with two attached hydrogens (primary N) is 1. The van der Waals surface area contributed by atoms with Crippen molar-refractivity contribution in [2.75, 3.05) is 6.54 Å². The van der Waals surface area contributed by atoms with E-state index in [0.717, 1.165) is 23.0 Å². The zero-order chi connectivity index (χ0) is 11.6. The van der Waals surface area contributed by atoms with Crippen molar-refractivity contribution in [2.45, 2.75) is 33.6 Å². The van der Waals surface area contributed by atoms with Crippen LogP contribution in [0.1, 0.15) is 31.7 Å². The molecule has 1 rings (SSSR count). The highest BCUT2D eigenvalue weighted by molar-refractivity contribution is 9.10. The molecule has 3 nitrogen and oxygen atoms in total. The summed E-state index contributed by atoms with van der Waals surface area (Å²) >= 11 is 3.59. The molecule has 0 saturated heterocycles. The molecular weight excluding hydrogens is 254 g/mol. The first-order valence-electron chi connectivity index (χ1n) is 5.31. The average Bonchev–Trinajstić information content (AvgIpc) is 2.45. The van der Waals surface area contributed by atoms with Gasteiger partial charge in [0.1, 0.15) is 0 Å². The molecule has 0 aliphatic heterocycles. The van der Waals surface area contributed by atoms with E-state index in [9.17, 15) is 0 Å². The van der Waals surface area contributed by atoms with Gasteiger partial charge in [0, 0.05) is 7.05 Å². The van der Waals surface area contributed by atoms with Crippen molar-refractivity contribution in [2.24, 2.45) is 18.2 Å². The van der Waals surface area contributed by atoms with Gasteiger partial charge < -0.3 is 5.73 Å². The van der Waals surface area contributed by atoms with Gasteiger partial charge in [-0.25, -0.2) is 0 Å². The van der Waals surface area contributed by atoms with Gasteiger partial charge >= 0.3 is 0 Å². The maximum Gasteiger partial charge on any atom is 0.0738 e. The standard InChI is InChI=1S/C11H20BrN3/c1-5-11(3,7-13)6-9-10(12)8(2)14-15(9)4/h5-7,13H2,1-4H3. The van der Waals surface area contributed by atoms with Crippen LogP contribution in [0.4, 0.5) is 0 Å². The van der Waals surface area contributed by atoms with Crippen molar-refractivity contribution in [1.82, 2.24) is 9.78 Å². The maximum absolute atomic E-state index is 5.83. The second kappa shape index (κ2) is 4.66. The lowest BCUT2D eigenvalue weighted by Crippen LogP contribution is -2.29. The van der Waals surface area contributed by atoms with E-state index in [0.29, 0.717) is 6.54 Å². The maximum atomic E-state index is 5.83. The Hall–Kier alpha value is -0.350. The normalized spacial score (nSPS) is 15.3. The summed E-state index contributed by atoms with van der Waals surface area (Å²) in [4.78, 5) is 0. The molecule has 1 aromatic rings. The molecule has 0 spiro atoms. The van der Waals surface area contributed by atoms with Crippen molar-refractivity contribution in [3.8, 4) is 0 Å². The van der Waals surface area contributed by atoms with Gasteiger partial charge in [-0.05, 0) is 47.7 Å². The van der Waals surface area contributed by atoms with Crippen LogP contribution in [0, 0.1) is 12.3 Å². The van der Waals surface area contributed by atoms with Crippen molar-refractivity contribution in [3.05, 3.63) is 15.9 Å². The van der Waals surface area contributed by atoms with Crippen molar-refractivity contribution in [3.63, 3.8) is 0 Å². The predicted octanol–water partition coefficient (Wildman–Crippen LogP) is 2.41. The van der Waals surface area contributed by atoms with Crippen LogP contribution in [0.3, 0.4) is 0 Å². The second-order valence-corrected chi connectivity index (χ2v) is 5.31. The van der Waals surface area contributed by atoms with Crippen LogP contribution in [-0.4, -0.2) is 16.3 Å². The van der Waals surface area contributed by atoms with Gasteiger partial charge in [0.05, 0.1) is 15.9 Å². The molecule has 0 radical (unpaired) electrons. The fourth-order valence-corrected chi connectivity index (χ4v) is 2.09. The van der Waals surface area contributed by atoms with Gasteiger partial charge in [-0.2, -0.15) is 5.10 Å². The van der Waals surface area contributed by atoms with Crippen LogP contribution in [0.25, 0.3) is 0 Å². The van der Waals surface area contributed by atoms with Crippen molar-refractivity contribution >= 4 is 15.9 Å². The molecule has 1 atom stereocenters. The molecule has 1 heterocycles. The fourth-order valence-electron chi connectivity index (χ4n) is 1.62. The molecule has 0 aliphatic carbocycles. The first-order valence-corrected chi connectivity index (χ1v) is 6.11. The van der Waals surface area contributed by atoms with Crippen LogP contribution < -0.4 is 5.73 Å². The lowest BCUT2D eigenvalue weighted by molar-refractivity contribution is 0.312. The summed E-state index contributed by atoms with van der Waals surface area (Å²) in [5, 5.41) is 4.39. The van der Waals surface area contributed by atoms with Crippen molar-refractivity contribution in [1.29, 1.82) is 0 Å². The number of aryl methyl sites for hydroxylation is 2. The molecule has 15 heavy (non-hydrogen) atoms. The van der Waals surface area contributed by atoms with E-state index in [1.807, 2.05) is 18.7 Å². The van der Waals surface area contributed by atoms with Gasteiger partial charge in [-0.1, -0.05) is 13.8 Å². The summed E-state index contributed by atoms with van der Waals surface area (Å²) in [6.45, 7) is 7.13. The minimum Gasteiger partial charge on any atom is -0.330 e. The van der Waals surface area contributed by atoms with Gasteiger partial charge in [-0.3, -0.25) is 4.68 Å². The Morgan fingerprint density at radius 2 is 2.13 bits per heavy atom. The molecule has 0 bridgehead atoms. The highest BCUT2D eigenvalue weighted by Crippen LogP contribution is 2.30. The van der Waals surface area contributed by atoms with Crippen LogP contribution >= 0.6 is 15.9 Å². The van der Waals surface area contributed by atoms with Gasteiger partial charge in [-0.15, -0.1) is 0 Å². The van der Waals surface area contributed by atoms with E-state index < -0.39 is 0 Å². The van der Waals surface area contributed by atoms with E-state index in [-0.39, 0.29) is 5.41 Å². The van der Waals surface area contributed by atoms with Gasteiger partial charge in [0.15, 0.2) is 0 Å². The monoisotopic (exact) mass is 273 g/mol. The molecule has 86 valence electrons. The average molecular weight is 274 g/mol. The van der Waals surface area contributed by atoms with E-state index in [1.54, 1.807) is 0 Å². The minimum absolute atomic E-state index is 0.169. The van der Waals surface area contributed by atoms with E-state index in [2.05, 4.69) is 34.9 Å². The molecule has 0 fully saturated rings. The topological polar surface area (TPSA) is 43.8 Å². The van der Waals surface area contributed by atoms with Crippen LogP contribution in [0.15, 0.2) is 4.47 Å². The second-order valence-electron chi connectivity index (χ2n) is 4.51. The molecule has 0 amide bonds. The molecule has 2 N–H and O–H groups in total. The summed E-state index contributed by atoms with van der Waals surface area (Å²) in [6, 6.07) is 0. The molecule has 1 unspecified atom stereocenters. The number of rotatable bonds is 4. The molecular formula is C11H20BrN3. The first-order chi connectivity index (χ1) is 6.93. The third-order valence-electron chi connectivity index (χ3n) is 3.20. The predicted molar refractivity (Wildman–Crippen MR) is 66.8 cm³/mol. The van der Waals surface area contributed by atoms with Gasteiger partial charge in [0.2, 0.25) is 0 Å². The number of nitrogens with zero attached hydrogens (tertiary/aromatic N) is 2. The number of hydrogen-bond donors (Lipinski definition) is 1. The number of aromatic nitrogens is 2. The van der Waals surface area contributed by atoms with E-state index >= 15 is 0 Å². The van der Waals surface area contributed by atoms with Crippen LogP contribution in [0.5, 0.6) is 0 Å². The molecule has 1 aromatic heterocycles. The Kier molecular flexibility index (Phi) is 3.95. The highest BCUT2D eigenvalue weighted by atomic mass is 79.9. The van der Waals surface area contributed by atoms with Crippen LogP contribution in [-0.2, 0) is 13.5 Å². The van der Waals surface area contributed by atoms with Gasteiger partial charge in [0.25, 0.3) is 0 Å². The summed E-state index contributed by atoms with van der Waals surface area (Å²) in [5.74, 6) is 0. The Bertz CT molecular complexity index is 340. The molecule has 0 aromatic carbocycles. The highest BCUT2D eigenvalue weighted by Gasteiger charge is 2.24. The van der Waals surface area contributed by atoms with Crippen molar-refractivity contribution < 1.29 is 0 Å². The summed E-state index contributed by atoms with van der Waals surface area (Å²) in [6.07, 6.45) is 2.05. The SMILES string of the molecule is CCC(C)(CN)Cc1c(Br)c(C)nn1C. The van der Waals surface area contributed by atoms with E-state index in [1.165, 1.54) is 5.69 Å². The molecule has 4 heteroatoms. The zero-order valence-electron chi connectivity index (χ0n) is 9.97.